The Morgan fingerprint density at radius 2 is 2.09 bits per heavy atom. The summed E-state index contributed by atoms with van der Waals surface area (Å²) in [7, 11) is -3.37. The van der Waals surface area contributed by atoms with E-state index in [1.165, 1.54) is 15.6 Å². The lowest BCUT2D eigenvalue weighted by molar-refractivity contribution is -0.120. The quantitative estimate of drug-likeness (QED) is 0.911. The third-order valence-corrected chi connectivity index (χ3v) is 5.73. The molecule has 1 fully saturated rings. The van der Waals surface area contributed by atoms with Crippen molar-refractivity contribution >= 4 is 32.4 Å². The topological polar surface area (TPSA) is 79.4 Å². The van der Waals surface area contributed by atoms with E-state index in [0.29, 0.717) is 18.1 Å². The van der Waals surface area contributed by atoms with Crippen molar-refractivity contribution in [2.45, 2.75) is 51.5 Å². The highest BCUT2D eigenvalue weighted by Crippen LogP contribution is 2.27. The summed E-state index contributed by atoms with van der Waals surface area (Å²) in [5.74, 6) is -0.292. The first-order valence-corrected chi connectivity index (χ1v) is 10.1. The fourth-order valence-electron chi connectivity index (χ4n) is 2.43. The van der Waals surface area contributed by atoms with E-state index in [9.17, 15) is 13.2 Å². The third-order valence-electron chi connectivity index (χ3n) is 3.69. The number of sulfonamides is 1. The Morgan fingerprint density at radius 3 is 2.64 bits per heavy atom. The molecular formula is C14H23N3O3S2. The van der Waals surface area contributed by atoms with Gasteiger partial charge in [0.2, 0.25) is 15.9 Å². The zero-order chi connectivity index (χ0) is 16.5. The van der Waals surface area contributed by atoms with Gasteiger partial charge in [-0.05, 0) is 12.8 Å². The summed E-state index contributed by atoms with van der Waals surface area (Å²) in [5, 5.41) is 5.21. The highest BCUT2D eigenvalue weighted by molar-refractivity contribution is 7.88. The van der Waals surface area contributed by atoms with Crippen LogP contribution in [0.25, 0.3) is 0 Å². The lowest BCUT2D eigenvalue weighted by Gasteiger charge is -2.32. The number of thiazole rings is 1. The van der Waals surface area contributed by atoms with Gasteiger partial charge in [0.15, 0.2) is 5.13 Å². The Hall–Kier alpha value is -0.990. The van der Waals surface area contributed by atoms with E-state index in [0.717, 1.165) is 24.8 Å². The van der Waals surface area contributed by atoms with E-state index < -0.39 is 16.1 Å². The van der Waals surface area contributed by atoms with E-state index >= 15 is 0 Å². The SMILES string of the molecule is CC(C)(C)c1csc(NC(=O)[C@@H]2CCCCN2S(C)(=O)=O)n1. The van der Waals surface area contributed by atoms with Crippen LogP contribution >= 0.6 is 11.3 Å². The van der Waals surface area contributed by atoms with Crippen LogP contribution < -0.4 is 5.32 Å². The monoisotopic (exact) mass is 345 g/mol. The number of aromatic nitrogens is 1. The van der Waals surface area contributed by atoms with Crippen molar-refractivity contribution in [3.05, 3.63) is 11.1 Å². The van der Waals surface area contributed by atoms with E-state index in [2.05, 4.69) is 31.1 Å². The smallest absolute Gasteiger partial charge is 0.244 e. The van der Waals surface area contributed by atoms with Gasteiger partial charge in [-0.3, -0.25) is 4.79 Å². The second-order valence-corrected chi connectivity index (χ2v) is 9.46. The molecule has 1 aliphatic rings. The lowest BCUT2D eigenvalue weighted by Crippen LogP contribution is -2.49. The molecule has 1 aromatic heterocycles. The Labute approximate surface area is 136 Å². The molecule has 1 atom stereocenters. The molecule has 0 spiro atoms. The molecule has 0 saturated carbocycles. The molecule has 0 aromatic carbocycles. The fraction of sp³-hybridized carbons (Fsp3) is 0.714. The average molecular weight is 345 g/mol. The minimum atomic E-state index is -3.37. The van der Waals surface area contributed by atoms with Gasteiger partial charge in [0, 0.05) is 17.3 Å². The molecule has 6 nitrogen and oxygen atoms in total. The molecule has 124 valence electrons. The first kappa shape index (κ1) is 17.4. The van der Waals surface area contributed by atoms with Crippen LogP contribution in [0.3, 0.4) is 0 Å². The number of hydrogen-bond acceptors (Lipinski definition) is 5. The molecule has 1 aliphatic heterocycles. The summed E-state index contributed by atoms with van der Waals surface area (Å²) < 4.78 is 24.9. The predicted octanol–water partition coefficient (Wildman–Crippen LogP) is 2.19. The van der Waals surface area contributed by atoms with Gasteiger partial charge >= 0.3 is 0 Å². The van der Waals surface area contributed by atoms with Crippen molar-refractivity contribution in [2.24, 2.45) is 0 Å². The van der Waals surface area contributed by atoms with Crippen molar-refractivity contribution in [1.82, 2.24) is 9.29 Å². The van der Waals surface area contributed by atoms with Crippen molar-refractivity contribution in [1.29, 1.82) is 0 Å². The Bertz CT molecular complexity index is 647. The minimum absolute atomic E-state index is 0.0802. The summed E-state index contributed by atoms with van der Waals surface area (Å²) in [5.41, 5.74) is 0.833. The molecule has 8 heteroatoms. The second-order valence-electron chi connectivity index (χ2n) is 6.66. The number of carbonyl (C=O) groups excluding carboxylic acids is 1. The number of anilines is 1. The number of carbonyl (C=O) groups is 1. The number of hydrogen-bond donors (Lipinski definition) is 1. The van der Waals surface area contributed by atoms with Gasteiger partial charge in [-0.25, -0.2) is 13.4 Å². The van der Waals surface area contributed by atoms with Crippen molar-refractivity contribution in [3.8, 4) is 0 Å². The van der Waals surface area contributed by atoms with Gasteiger partial charge in [-0.1, -0.05) is 27.2 Å². The number of amides is 1. The zero-order valence-electron chi connectivity index (χ0n) is 13.4. The van der Waals surface area contributed by atoms with Gasteiger partial charge in [-0.2, -0.15) is 4.31 Å². The second kappa shape index (κ2) is 6.25. The van der Waals surface area contributed by atoms with Crippen molar-refractivity contribution in [2.75, 3.05) is 18.1 Å². The normalized spacial score (nSPS) is 20.8. The molecule has 1 N–H and O–H groups in total. The third kappa shape index (κ3) is 4.05. The molecule has 0 bridgehead atoms. The summed E-state index contributed by atoms with van der Waals surface area (Å²) >= 11 is 1.37. The van der Waals surface area contributed by atoms with E-state index in [1.807, 2.05) is 5.38 Å². The van der Waals surface area contributed by atoms with Gasteiger partial charge in [-0.15, -0.1) is 11.3 Å². The molecule has 0 radical (unpaired) electrons. The van der Waals surface area contributed by atoms with Crippen LogP contribution in [0, 0.1) is 0 Å². The summed E-state index contributed by atoms with van der Waals surface area (Å²) in [6, 6.07) is -0.634. The van der Waals surface area contributed by atoms with Gasteiger partial charge < -0.3 is 5.32 Å². The van der Waals surface area contributed by atoms with Crippen LogP contribution in [0.15, 0.2) is 5.38 Å². The fourth-order valence-corrected chi connectivity index (χ4v) is 4.49. The lowest BCUT2D eigenvalue weighted by atomic mass is 9.93. The highest BCUT2D eigenvalue weighted by atomic mass is 32.2. The summed E-state index contributed by atoms with van der Waals surface area (Å²) in [6.07, 6.45) is 3.35. The molecule has 22 heavy (non-hydrogen) atoms. The average Bonchev–Trinajstić information content (AvgIpc) is 2.86. The maximum absolute atomic E-state index is 12.4. The van der Waals surface area contributed by atoms with Crippen LogP contribution in [-0.2, 0) is 20.2 Å². The van der Waals surface area contributed by atoms with Crippen LogP contribution in [-0.4, -0.2) is 42.5 Å². The molecule has 0 unspecified atom stereocenters. The summed E-state index contributed by atoms with van der Waals surface area (Å²) in [4.78, 5) is 16.9. The van der Waals surface area contributed by atoms with E-state index in [4.69, 9.17) is 0 Å². The first-order chi connectivity index (χ1) is 10.1. The highest BCUT2D eigenvalue weighted by Gasteiger charge is 2.34. The molecular weight excluding hydrogens is 322 g/mol. The Balaban J connectivity index is 2.12. The predicted molar refractivity (Wildman–Crippen MR) is 88.6 cm³/mol. The van der Waals surface area contributed by atoms with E-state index in [-0.39, 0.29) is 11.3 Å². The van der Waals surface area contributed by atoms with Crippen LogP contribution in [0.5, 0.6) is 0 Å². The molecule has 1 aromatic rings. The molecule has 2 heterocycles. The van der Waals surface area contributed by atoms with E-state index in [1.54, 1.807) is 0 Å². The zero-order valence-corrected chi connectivity index (χ0v) is 15.1. The minimum Gasteiger partial charge on any atom is -0.301 e. The number of rotatable bonds is 3. The van der Waals surface area contributed by atoms with Crippen molar-refractivity contribution in [3.63, 3.8) is 0 Å². The maximum atomic E-state index is 12.4. The van der Waals surface area contributed by atoms with Crippen LogP contribution in [0.4, 0.5) is 5.13 Å². The van der Waals surface area contributed by atoms with Crippen LogP contribution in [0.1, 0.15) is 45.7 Å². The van der Waals surface area contributed by atoms with Crippen LogP contribution in [0.2, 0.25) is 0 Å². The number of nitrogens with zero attached hydrogens (tertiary/aromatic N) is 2. The van der Waals surface area contributed by atoms with Gasteiger partial charge in [0.25, 0.3) is 0 Å². The molecule has 1 amide bonds. The molecule has 0 aliphatic carbocycles. The summed E-state index contributed by atoms with van der Waals surface area (Å²) in [6.45, 7) is 6.57. The van der Waals surface area contributed by atoms with Crippen molar-refractivity contribution < 1.29 is 13.2 Å². The maximum Gasteiger partial charge on any atom is 0.244 e. The molecule has 2 rings (SSSR count). The largest absolute Gasteiger partial charge is 0.301 e. The number of nitrogens with one attached hydrogen (secondary N) is 1. The Morgan fingerprint density at radius 1 is 1.41 bits per heavy atom. The van der Waals surface area contributed by atoms with Gasteiger partial charge in [0.1, 0.15) is 6.04 Å². The molecule has 1 saturated heterocycles. The first-order valence-electron chi connectivity index (χ1n) is 7.33. The standard InChI is InChI=1S/C14H23N3O3S2/c1-14(2,3)11-9-21-13(15-11)16-12(18)10-7-5-6-8-17(10)22(4,19)20/h9-10H,5-8H2,1-4H3,(H,15,16,18)/t10-/m0/s1. The number of piperidine rings is 1. The Kier molecular flexibility index (Phi) is 4.93. The van der Waals surface area contributed by atoms with Gasteiger partial charge in [0.05, 0.1) is 11.9 Å².